The molecule has 2 aromatic rings. The van der Waals surface area contributed by atoms with Crippen molar-refractivity contribution in [1.29, 1.82) is 0 Å². The molecule has 26 heavy (non-hydrogen) atoms. The standard InChI is InChI=1S/C18H12ClF3O4/c19-17(18(20,21)22)14(16(24)25)9-12-5-4-11(8-15(12)26-17)6-10-2-1-3-13(23)7-10/h1-5,7-9,23H,6H2,(H,24,25). The van der Waals surface area contributed by atoms with Crippen LogP contribution in [0.5, 0.6) is 11.5 Å². The molecule has 0 radical (unpaired) electrons. The van der Waals surface area contributed by atoms with Crippen LogP contribution in [-0.4, -0.2) is 27.4 Å². The lowest BCUT2D eigenvalue weighted by Gasteiger charge is -2.34. The van der Waals surface area contributed by atoms with Crippen LogP contribution in [0.3, 0.4) is 0 Å². The topological polar surface area (TPSA) is 66.8 Å². The molecule has 3 rings (SSSR count). The highest BCUT2D eigenvalue weighted by Crippen LogP contribution is 2.48. The molecule has 136 valence electrons. The lowest BCUT2D eigenvalue weighted by Crippen LogP contribution is -2.50. The van der Waals surface area contributed by atoms with Crippen LogP contribution in [0.2, 0.25) is 0 Å². The van der Waals surface area contributed by atoms with E-state index in [0.29, 0.717) is 12.0 Å². The molecule has 2 N–H and O–H groups in total. The number of benzene rings is 2. The SMILES string of the molecule is O=C(O)C1=Cc2ccc(Cc3cccc(O)c3)cc2OC1(Cl)C(F)(F)F. The minimum Gasteiger partial charge on any atom is -0.508 e. The Balaban J connectivity index is 2.00. The van der Waals surface area contributed by atoms with Gasteiger partial charge in [0.2, 0.25) is 0 Å². The molecule has 1 atom stereocenters. The van der Waals surface area contributed by atoms with Gasteiger partial charge in [-0.1, -0.05) is 35.9 Å². The van der Waals surface area contributed by atoms with E-state index in [2.05, 4.69) is 0 Å². The molecule has 8 heteroatoms. The number of phenols is 1. The molecule has 0 saturated carbocycles. The third-order valence-corrected chi connectivity index (χ3v) is 4.38. The molecule has 0 aliphatic carbocycles. The summed E-state index contributed by atoms with van der Waals surface area (Å²) < 4.78 is 44.9. The van der Waals surface area contributed by atoms with Gasteiger partial charge >= 0.3 is 17.2 Å². The second-order valence-corrected chi connectivity index (χ2v) is 6.31. The molecule has 0 bridgehead atoms. The highest BCUT2D eigenvalue weighted by Gasteiger charge is 2.62. The second kappa shape index (κ2) is 6.25. The maximum absolute atomic E-state index is 13.3. The van der Waals surface area contributed by atoms with Crippen LogP contribution in [0.25, 0.3) is 6.08 Å². The van der Waals surface area contributed by atoms with Gasteiger partial charge in [0.1, 0.15) is 17.1 Å². The van der Waals surface area contributed by atoms with Crippen molar-refractivity contribution in [3.63, 3.8) is 0 Å². The van der Waals surface area contributed by atoms with Gasteiger partial charge in [-0.2, -0.15) is 13.2 Å². The van der Waals surface area contributed by atoms with E-state index in [1.54, 1.807) is 18.2 Å². The number of aromatic hydroxyl groups is 1. The van der Waals surface area contributed by atoms with E-state index in [-0.39, 0.29) is 17.1 Å². The first-order valence-corrected chi connectivity index (χ1v) is 7.79. The molecule has 2 aromatic carbocycles. The van der Waals surface area contributed by atoms with Crippen molar-refractivity contribution in [2.24, 2.45) is 0 Å². The highest BCUT2D eigenvalue weighted by molar-refractivity contribution is 6.29. The number of phenolic OH excluding ortho intramolecular Hbond substituents is 1. The summed E-state index contributed by atoms with van der Waals surface area (Å²) in [6.07, 6.45) is -3.93. The summed E-state index contributed by atoms with van der Waals surface area (Å²) in [6.45, 7) is 0. The number of aliphatic carboxylic acids is 1. The van der Waals surface area contributed by atoms with Crippen molar-refractivity contribution in [2.45, 2.75) is 17.7 Å². The molecule has 4 nitrogen and oxygen atoms in total. The molecule has 0 saturated heterocycles. The number of carboxylic acid groups (broad SMARTS) is 1. The smallest absolute Gasteiger partial charge is 0.448 e. The van der Waals surface area contributed by atoms with Gasteiger partial charge in [-0.3, -0.25) is 0 Å². The van der Waals surface area contributed by atoms with Crippen molar-refractivity contribution in [2.75, 3.05) is 0 Å². The summed E-state index contributed by atoms with van der Waals surface area (Å²) in [6, 6.07) is 10.9. The number of hydrogen-bond donors (Lipinski definition) is 2. The zero-order valence-electron chi connectivity index (χ0n) is 13.0. The second-order valence-electron chi connectivity index (χ2n) is 5.78. The van der Waals surface area contributed by atoms with Gasteiger partial charge in [0.25, 0.3) is 0 Å². The number of rotatable bonds is 3. The van der Waals surface area contributed by atoms with Crippen LogP contribution < -0.4 is 4.74 Å². The summed E-state index contributed by atoms with van der Waals surface area (Å²) in [5, 5.41) is 15.1. The van der Waals surface area contributed by atoms with Crippen molar-refractivity contribution in [3.05, 3.63) is 64.7 Å². The number of carboxylic acids is 1. The van der Waals surface area contributed by atoms with E-state index in [0.717, 1.165) is 11.6 Å². The molecular formula is C18H12ClF3O4. The van der Waals surface area contributed by atoms with Crippen LogP contribution in [0.1, 0.15) is 16.7 Å². The number of ether oxygens (including phenoxy) is 1. The molecule has 0 amide bonds. The largest absolute Gasteiger partial charge is 0.508 e. The third kappa shape index (κ3) is 3.22. The molecule has 1 heterocycles. The fourth-order valence-electron chi connectivity index (χ4n) is 2.66. The van der Waals surface area contributed by atoms with Crippen molar-refractivity contribution in [1.82, 2.24) is 0 Å². The van der Waals surface area contributed by atoms with E-state index in [4.69, 9.17) is 21.4 Å². The van der Waals surface area contributed by atoms with Gasteiger partial charge in [0.15, 0.2) is 0 Å². The van der Waals surface area contributed by atoms with Gasteiger partial charge in [0.05, 0.1) is 0 Å². The van der Waals surface area contributed by atoms with Gasteiger partial charge < -0.3 is 14.9 Å². The average Bonchev–Trinajstić information content (AvgIpc) is 2.53. The van der Waals surface area contributed by atoms with Gasteiger partial charge in [-0.25, -0.2) is 4.79 Å². The van der Waals surface area contributed by atoms with Crippen LogP contribution in [0, 0.1) is 0 Å². The number of carbonyl (C=O) groups is 1. The normalized spacial score (nSPS) is 19.3. The molecule has 1 unspecified atom stereocenters. The first-order chi connectivity index (χ1) is 12.1. The summed E-state index contributed by atoms with van der Waals surface area (Å²) in [7, 11) is 0. The van der Waals surface area contributed by atoms with Crippen LogP contribution in [0.4, 0.5) is 13.2 Å². The van der Waals surface area contributed by atoms with Crippen molar-refractivity contribution in [3.8, 4) is 11.5 Å². The zero-order valence-corrected chi connectivity index (χ0v) is 13.8. The van der Waals surface area contributed by atoms with E-state index < -0.39 is 22.8 Å². The molecule has 1 aliphatic rings. The number of alkyl halides is 4. The summed E-state index contributed by atoms with van der Waals surface area (Å²) in [4.78, 5) is 11.2. The average molecular weight is 385 g/mol. The maximum Gasteiger partial charge on any atom is 0.448 e. The van der Waals surface area contributed by atoms with Crippen molar-refractivity contribution >= 4 is 23.6 Å². The molecular weight excluding hydrogens is 373 g/mol. The molecule has 0 fully saturated rings. The predicted molar refractivity (Wildman–Crippen MR) is 88.2 cm³/mol. The molecule has 1 aliphatic heterocycles. The Bertz CT molecular complexity index is 908. The van der Waals surface area contributed by atoms with E-state index in [9.17, 15) is 23.1 Å². The van der Waals surface area contributed by atoms with Crippen LogP contribution in [-0.2, 0) is 11.2 Å². The van der Waals surface area contributed by atoms with Crippen molar-refractivity contribution < 1.29 is 32.9 Å². The quantitative estimate of drug-likeness (QED) is 0.772. The number of halogens is 4. The minimum atomic E-state index is -5.13. The predicted octanol–water partition coefficient (Wildman–Crippen LogP) is 4.34. The summed E-state index contributed by atoms with van der Waals surface area (Å²) in [5.74, 6) is -1.91. The first kappa shape index (κ1) is 18.1. The Labute approximate surface area is 151 Å². The van der Waals surface area contributed by atoms with Gasteiger partial charge in [-0.05, 0) is 41.8 Å². The molecule has 0 aromatic heterocycles. The van der Waals surface area contributed by atoms with Gasteiger partial charge in [-0.15, -0.1) is 0 Å². The monoisotopic (exact) mass is 384 g/mol. The number of fused-ring (bicyclic) bond motifs is 1. The Kier molecular flexibility index (Phi) is 4.36. The first-order valence-electron chi connectivity index (χ1n) is 7.41. The van der Waals surface area contributed by atoms with E-state index in [1.165, 1.54) is 24.3 Å². The number of hydrogen-bond acceptors (Lipinski definition) is 3. The summed E-state index contributed by atoms with van der Waals surface area (Å²) in [5.41, 5.74) is 0.445. The van der Waals surface area contributed by atoms with E-state index in [1.807, 2.05) is 0 Å². The highest BCUT2D eigenvalue weighted by atomic mass is 35.5. The lowest BCUT2D eigenvalue weighted by atomic mass is 9.97. The van der Waals surface area contributed by atoms with E-state index >= 15 is 0 Å². The fourth-order valence-corrected chi connectivity index (χ4v) is 2.88. The molecule has 0 spiro atoms. The maximum atomic E-state index is 13.3. The zero-order chi connectivity index (χ0) is 19.1. The Morgan fingerprint density at radius 1 is 1.15 bits per heavy atom. The summed E-state index contributed by atoms with van der Waals surface area (Å²) >= 11 is 5.54. The fraction of sp³-hybridized carbons (Fsp3) is 0.167. The Hall–Kier alpha value is -2.67. The Morgan fingerprint density at radius 3 is 2.46 bits per heavy atom. The Morgan fingerprint density at radius 2 is 1.85 bits per heavy atom. The third-order valence-electron chi connectivity index (χ3n) is 3.89. The van der Waals surface area contributed by atoms with Gasteiger partial charge in [0, 0.05) is 5.56 Å². The minimum absolute atomic E-state index is 0.0718. The van der Waals surface area contributed by atoms with Crippen LogP contribution in [0.15, 0.2) is 48.0 Å². The lowest BCUT2D eigenvalue weighted by molar-refractivity contribution is -0.204. The van der Waals surface area contributed by atoms with Crippen LogP contribution >= 0.6 is 11.6 Å².